The number of hydrogen-bond acceptors (Lipinski definition) is 4. The average molecular weight is 272 g/mol. The zero-order valence-electron chi connectivity index (χ0n) is 11.0. The first-order valence-electron chi connectivity index (χ1n) is 6.63. The van der Waals surface area contributed by atoms with Crippen LogP contribution >= 0.6 is 0 Å². The summed E-state index contributed by atoms with van der Waals surface area (Å²) in [5.74, 6) is -0.891. The van der Waals surface area contributed by atoms with Crippen molar-refractivity contribution in [3.63, 3.8) is 0 Å². The lowest BCUT2D eigenvalue weighted by Crippen LogP contribution is -2.45. The Bertz CT molecular complexity index is 629. The third kappa shape index (κ3) is 2.79. The predicted molar refractivity (Wildman–Crippen MR) is 74.4 cm³/mol. The van der Waals surface area contributed by atoms with Crippen LogP contribution in [0.3, 0.4) is 0 Å². The maximum Gasteiger partial charge on any atom is 0.334 e. The van der Waals surface area contributed by atoms with Gasteiger partial charge in [0.15, 0.2) is 6.10 Å². The van der Waals surface area contributed by atoms with Gasteiger partial charge in [0, 0.05) is 31.2 Å². The highest BCUT2D eigenvalue weighted by molar-refractivity contribution is 5.78. The summed E-state index contributed by atoms with van der Waals surface area (Å²) in [6.45, 7) is 2.39. The van der Waals surface area contributed by atoms with Gasteiger partial charge in [-0.15, -0.1) is 0 Å². The van der Waals surface area contributed by atoms with Gasteiger partial charge in [-0.2, -0.15) is 0 Å². The molecule has 1 N–H and O–H groups in total. The quantitative estimate of drug-likeness (QED) is 0.918. The Morgan fingerprint density at radius 2 is 2.35 bits per heavy atom. The zero-order chi connectivity index (χ0) is 13.9. The van der Waals surface area contributed by atoms with Gasteiger partial charge in [0.05, 0.1) is 12.1 Å². The van der Waals surface area contributed by atoms with Gasteiger partial charge in [-0.1, -0.05) is 12.1 Å². The van der Waals surface area contributed by atoms with Crippen LogP contribution in [0.2, 0.25) is 0 Å². The first kappa shape index (κ1) is 13.0. The Kier molecular flexibility index (Phi) is 3.62. The molecule has 1 aliphatic heterocycles. The smallest absolute Gasteiger partial charge is 0.334 e. The fraction of sp³-hybridized carbons (Fsp3) is 0.333. The molecule has 5 nitrogen and oxygen atoms in total. The fourth-order valence-corrected chi connectivity index (χ4v) is 2.48. The number of nitrogens with zero attached hydrogens (tertiary/aromatic N) is 2. The van der Waals surface area contributed by atoms with E-state index in [-0.39, 0.29) is 0 Å². The number of carboxylic acid groups (broad SMARTS) is 1. The van der Waals surface area contributed by atoms with Crippen LogP contribution in [0.4, 0.5) is 0 Å². The van der Waals surface area contributed by atoms with Crippen molar-refractivity contribution in [2.24, 2.45) is 0 Å². The number of aliphatic carboxylic acids is 1. The number of aromatic nitrogens is 1. The number of benzene rings is 1. The molecule has 1 unspecified atom stereocenters. The van der Waals surface area contributed by atoms with Crippen molar-refractivity contribution in [3.05, 3.63) is 42.1 Å². The molecular formula is C15H16N2O3. The van der Waals surface area contributed by atoms with E-state index in [0.29, 0.717) is 13.2 Å². The molecule has 2 aromatic rings. The predicted octanol–water partition coefficient (Wildman–Crippen LogP) is 1.52. The van der Waals surface area contributed by atoms with Crippen LogP contribution in [-0.2, 0) is 16.1 Å². The maximum atomic E-state index is 11.0. The lowest BCUT2D eigenvalue weighted by Gasteiger charge is -2.30. The van der Waals surface area contributed by atoms with Crippen molar-refractivity contribution in [1.82, 2.24) is 9.88 Å². The first-order valence-corrected chi connectivity index (χ1v) is 6.63. The fourth-order valence-electron chi connectivity index (χ4n) is 2.48. The monoisotopic (exact) mass is 272 g/mol. The minimum Gasteiger partial charge on any atom is -0.479 e. The molecule has 1 atom stereocenters. The van der Waals surface area contributed by atoms with Crippen molar-refractivity contribution < 1.29 is 14.6 Å². The number of carbonyl (C=O) groups is 1. The molecule has 0 saturated carbocycles. The van der Waals surface area contributed by atoms with Crippen molar-refractivity contribution in [1.29, 1.82) is 0 Å². The van der Waals surface area contributed by atoms with E-state index in [9.17, 15) is 4.79 Å². The summed E-state index contributed by atoms with van der Waals surface area (Å²) >= 11 is 0. The number of carboxylic acids is 1. The van der Waals surface area contributed by atoms with Crippen LogP contribution in [0.1, 0.15) is 5.56 Å². The molecule has 3 rings (SSSR count). The number of rotatable bonds is 3. The molecule has 20 heavy (non-hydrogen) atoms. The van der Waals surface area contributed by atoms with Gasteiger partial charge in [0.1, 0.15) is 0 Å². The molecule has 1 saturated heterocycles. The first-order chi connectivity index (χ1) is 9.72. The van der Waals surface area contributed by atoms with Gasteiger partial charge in [0.25, 0.3) is 0 Å². The van der Waals surface area contributed by atoms with Crippen LogP contribution in [0, 0.1) is 0 Å². The highest BCUT2D eigenvalue weighted by Gasteiger charge is 2.25. The van der Waals surface area contributed by atoms with Gasteiger partial charge in [-0.05, 0) is 23.8 Å². The zero-order valence-corrected chi connectivity index (χ0v) is 11.0. The highest BCUT2D eigenvalue weighted by Crippen LogP contribution is 2.16. The summed E-state index contributed by atoms with van der Waals surface area (Å²) in [5.41, 5.74) is 2.14. The molecule has 1 fully saturated rings. The minimum atomic E-state index is -0.891. The second kappa shape index (κ2) is 5.56. The summed E-state index contributed by atoms with van der Waals surface area (Å²) in [5, 5.41) is 10.1. The Morgan fingerprint density at radius 1 is 1.45 bits per heavy atom. The lowest BCUT2D eigenvalue weighted by atomic mass is 10.1. The molecule has 1 aromatic carbocycles. The van der Waals surface area contributed by atoms with Crippen LogP contribution in [-0.4, -0.2) is 46.8 Å². The van der Waals surface area contributed by atoms with Gasteiger partial charge in [-0.25, -0.2) is 4.79 Å². The summed E-state index contributed by atoms with van der Waals surface area (Å²) in [7, 11) is 0. The van der Waals surface area contributed by atoms with Crippen LogP contribution in [0.15, 0.2) is 36.5 Å². The Labute approximate surface area is 116 Å². The molecule has 2 heterocycles. The standard InChI is InChI=1S/C15H16N2O3/c18-15(19)14-10-17(6-7-20-14)9-11-3-4-13-12(8-11)2-1-5-16-13/h1-5,8,14H,6-7,9-10H2,(H,18,19). The van der Waals surface area contributed by atoms with Crippen LogP contribution in [0.25, 0.3) is 10.9 Å². The van der Waals surface area contributed by atoms with E-state index in [4.69, 9.17) is 9.84 Å². The van der Waals surface area contributed by atoms with Gasteiger partial charge < -0.3 is 9.84 Å². The normalized spacial score (nSPS) is 20.1. The summed E-state index contributed by atoms with van der Waals surface area (Å²) in [4.78, 5) is 17.4. The molecule has 0 radical (unpaired) electrons. The molecule has 5 heteroatoms. The number of hydrogen-bond donors (Lipinski definition) is 1. The van der Waals surface area contributed by atoms with E-state index in [2.05, 4.69) is 16.0 Å². The molecule has 0 aliphatic carbocycles. The van der Waals surface area contributed by atoms with Crippen molar-refractivity contribution >= 4 is 16.9 Å². The van der Waals surface area contributed by atoms with Crippen molar-refractivity contribution in [3.8, 4) is 0 Å². The van der Waals surface area contributed by atoms with Gasteiger partial charge in [0.2, 0.25) is 0 Å². The average Bonchev–Trinajstić information content (AvgIpc) is 2.47. The second-order valence-corrected chi connectivity index (χ2v) is 4.96. The van der Waals surface area contributed by atoms with E-state index in [1.165, 1.54) is 0 Å². The maximum absolute atomic E-state index is 11.0. The molecule has 1 aliphatic rings. The van der Waals surface area contributed by atoms with Crippen LogP contribution in [0.5, 0.6) is 0 Å². The lowest BCUT2D eigenvalue weighted by molar-refractivity contribution is -0.156. The Balaban J connectivity index is 1.74. The Hall–Kier alpha value is -1.98. The largest absolute Gasteiger partial charge is 0.479 e. The van der Waals surface area contributed by atoms with E-state index in [0.717, 1.165) is 29.6 Å². The number of pyridine rings is 1. The minimum absolute atomic E-state index is 0.431. The van der Waals surface area contributed by atoms with Crippen molar-refractivity contribution in [2.45, 2.75) is 12.6 Å². The SMILES string of the molecule is O=C(O)C1CN(Cc2ccc3ncccc3c2)CCO1. The van der Waals surface area contributed by atoms with E-state index < -0.39 is 12.1 Å². The number of morpholine rings is 1. The second-order valence-electron chi connectivity index (χ2n) is 4.96. The van der Waals surface area contributed by atoms with E-state index in [1.807, 2.05) is 24.3 Å². The molecule has 1 aromatic heterocycles. The van der Waals surface area contributed by atoms with E-state index >= 15 is 0 Å². The van der Waals surface area contributed by atoms with E-state index in [1.54, 1.807) is 6.20 Å². The van der Waals surface area contributed by atoms with Crippen molar-refractivity contribution in [2.75, 3.05) is 19.7 Å². The molecule has 0 spiro atoms. The molecule has 104 valence electrons. The molecular weight excluding hydrogens is 256 g/mol. The highest BCUT2D eigenvalue weighted by atomic mass is 16.5. The summed E-state index contributed by atoms with van der Waals surface area (Å²) in [6, 6.07) is 10.1. The summed E-state index contributed by atoms with van der Waals surface area (Å²) < 4.78 is 5.23. The third-order valence-electron chi connectivity index (χ3n) is 3.50. The molecule has 0 bridgehead atoms. The summed E-state index contributed by atoms with van der Waals surface area (Å²) in [6.07, 6.45) is 1.06. The topological polar surface area (TPSA) is 62.7 Å². The number of fused-ring (bicyclic) bond motifs is 1. The van der Waals surface area contributed by atoms with Crippen LogP contribution < -0.4 is 0 Å². The molecule has 0 amide bonds. The number of ether oxygens (including phenoxy) is 1. The Morgan fingerprint density at radius 3 is 3.20 bits per heavy atom. The third-order valence-corrected chi connectivity index (χ3v) is 3.50. The van der Waals surface area contributed by atoms with Gasteiger partial charge in [-0.3, -0.25) is 9.88 Å². The van der Waals surface area contributed by atoms with Gasteiger partial charge >= 0.3 is 5.97 Å².